The Hall–Kier alpha value is -1.36. The van der Waals surface area contributed by atoms with Gasteiger partial charge in [-0.2, -0.15) is 0 Å². The molecule has 1 atom stereocenters. The summed E-state index contributed by atoms with van der Waals surface area (Å²) in [5.41, 5.74) is 0.720. The molecule has 0 saturated carbocycles. The van der Waals surface area contributed by atoms with Gasteiger partial charge in [0.05, 0.1) is 20.1 Å². The van der Waals surface area contributed by atoms with Crippen molar-refractivity contribution in [2.24, 2.45) is 5.92 Å². The second kappa shape index (κ2) is 5.52. The van der Waals surface area contributed by atoms with E-state index in [1.54, 1.807) is 20.1 Å². The first kappa shape index (κ1) is 13.1. The van der Waals surface area contributed by atoms with Crippen molar-refractivity contribution in [3.63, 3.8) is 0 Å². The molecule has 0 aromatic carbocycles. The molecule has 18 heavy (non-hydrogen) atoms. The lowest BCUT2D eigenvalue weighted by molar-refractivity contribution is -0.143. The van der Waals surface area contributed by atoms with Crippen LogP contribution in [-0.4, -0.2) is 25.5 Å². The Morgan fingerprint density at radius 1 is 1.56 bits per heavy atom. The summed E-state index contributed by atoms with van der Waals surface area (Å²) >= 11 is 1.51. The quantitative estimate of drug-likeness (QED) is 0.787. The van der Waals surface area contributed by atoms with E-state index >= 15 is 0 Å². The Labute approximate surface area is 110 Å². The minimum atomic E-state index is -0.290. The van der Waals surface area contributed by atoms with Crippen LogP contribution in [0.3, 0.4) is 0 Å². The molecular weight excluding hydrogens is 252 g/mol. The molecular formula is C13H16O4S. The SMILES string of the molecule is CCOC(=O)CC1CCc2sc(OC)cc2C1=O. The maximum absolute atomic E-state index is 12.2. The van der Waals surface area contributed by atoms with Gasteiger partial charge in [0.25, 0.3) is 0 Å². The lowest BCUT2D eigenvalue weighted by atomic mass is 9.85. The summed E-state index contributed by atoms with van der Waals surface area (Å²) in [6.07, 6.45) is 1.73. The lowest BCUT2D eigenvalue weighted by Gasteiger charge is -2.19. The van der Waals surface area contributed by atoms with Gasteiger partial charge in [-0.15, -0.1) is 11.3 Å². The monoisotopic (exact) mass is 268 g/mol. The minimum absolute atomic E-state index is 0.0452. The van der Waals surface area contributed by atoms with Crippen LogP contribution in [0.4, 0.5) is 0 Å². The smallest absolute Gasteiger partial charge is 0.306 e. The molecule has 1 unspecified atom stereocenters. The summed E-state index contributed by atoms with van der Waals surface area (Å²) in [6, 6.07) is 1.78. The van der Waals surface area contributed by atoms with Gasteiger partial charge in [-0.3, -0.25) is 9.59 Å². The molecule has 0 spiro atoms. The van der Waals surface area contributed by atoms with Crippen LogP contribution in [0.25, 0.3) is 0 Å². The highest BCUT2D eigenvalue weighted by atomic mass is 32.1. The number of methoxy groups -OCH3 is 1. The van der Waals surface area contributed by atoms with Gasteiger partial charge in [0.15, 0.2) is 10.8 Å². The second-order valence-corrected chi connectivity index (χ2v) is 5.31. The Kier molecular flexibility index (Phi) is 4.01. The van der Waals surface area contributed by atoms with Crippen LogP contribution in [0.5, 0.6) is 5.06 Å². The average Bonchev–Trinajstić information content (AvgIpc) is 2.77. The van der Waals surface area contributed by atoms with E-state index < -0.39 is 0 Å². The summed E-state index contributed by atoms with van der Waals surface area (Å²) in [5, 5.41) is 0.755. The van der Waals surface area contributed by atoms with E-state index in [4.69, 9.17) is 9.47 Å². The van der Waals surface area contributed by atoms with Crippen molar-refractivity contribution >= 4 is 23.1 Å². The number of carbonyl (C=O) groups is 2. The van der Waals surface area contributed by atoms with Crippen molar-refractivity contribution in [2.45, 2.75) is 26.2 Å². The number of thiophene rings is 1. The predicted octanol–water partition coefficient (Wildman–Crippen LogP) is 2.46. The van der Waals surface area contributed by atoms with E-state index in [0.29, 0.717) is 13.0 Å². The Balaban J connectivity index is 2.10. The van der Waals surface area contributed by atoms with Crippen molar-refractivity contribution in [2.75, 3.05) is 13.7 Å². The molecule has 1 heterocycles. The van der Waals surface area contributed by atoms with E-state index in [2.05, 4.69) is 0 Å². The number of ether oxygens (including phenoxy) is 2. The van der Waals surface area contributed by atoms with Crippen LogP contribution < -0.4 is 4.74 Å². The lowest BCUT2D eigenvalue weighted by Crippen LogP contribution is -2.24. The molecule has 0 saturated heterocycles. The first-order chi connectivity index (χ1) is 8.65. The fourth-order valence-electron chi connectivity index (χ4n) is 2.17. The van der Waals surface area contributed by atoms with Gasteiger partial charge in [0.1, 0.15) is 0 Å². The molecule has 98 valence electrons. The highest BCUT2D eigenvalue weighted by Gasteiger charge is 2.31. The van der Waals surface area contributed by atoms with E-state index in [1.165, 1.54) is 11.3 Å². The molecule has 1 aliphatic rings. The van der Waals surface area contributed by atoms with E-state index in [9.17, 15) is 9.59 Å². The van der Waals surface area contributed by atoms with Gasteiger partial charge in [0, 0.05) is 22.4 Å². The summed E-state index contributed by atoms with van der Waals surface area (Å²) < 4.78 is 10.0. The number of Topliss-reactive ketones (excluding diaryl/α,β-unsaturated/α-hetero) is 1. The summed E-state index contributed by atoms with van der Waals surface area (Å²) in [7, 11) is 1.60. The molecule has 0 N–H and O–H groups in total. The number of rotatable bonds is 4. The molecule has 0 bridgehead atoms. The summed E-state index contributed by atoms with van der Waals surface area (Å²) in [6.45, 7) is 2.12. The average molecular weight is 268 g/mol. The van der Waals surface area contributed by atoms with Crippen LogP contribution in [0.15, 0.2) is 6.07 Å². The number of fused-ring (bicyclic) bond motifs is 1. The van der Waals surface area contributed by atoms with Crippen LogP contribution in [0.2, 0.25) is 0 Å². The number of ketones is 1. The summed E-state index contributed by atoms with van der Waals surface area (Å²) in [4.78, 5) is 24.7. The van der Waals surface area contributed by atoms with Gasteiger partial charge < -0.3 is 9.47 Å². The molecule has 0 radical (unpaired) electrons. The third-order valence-corrected chi connectivity index (χ3v) is 4.22. The second-order valence-electron chi connectivity index (χ2n) is 4.22. The third-order valence-electron chi connectivity index (χ3n) is 3.06. The minimum Gasteiger partial charge on any atom is -0.487 e. The number of carbonyl (C=O) groups excluding carboxylic acids is 2. The standard InChI is InChI=1S/C13H16O4S/c1-3-17-11(14)6-8-4-5-10-9(13(8)15)7-12(16-2)18-10/h7-8H,3-6H2,1-2H3. The summed E-state index contributed by atoms with van der Waals surface area (Å²) in [5.74, 6) is -0.485. The van der Waals surface area contributed by atoms with Crippen molar-refractivity contribution < 1.29 is 19.1 Å². The van der Waals surface area contributed by atoms with E-state index in [1.807, 2.05) is 0 Å². The van der Waals surface area contributed by atoms with Gasteiger partial charge in [-0.1, -0.05) is 0 Å². The third kappa shape index (κ3) is 2.56. The molecule has 1 aliphatic carbocycles. The molecule has 1 aromatic heterocycles. The number of hydrogen-bond acceptors (Lipinski definition) is 5. The van der Waals surface area contributed by atoms with Gasteiger partial charge >= 0.3 is 5.97 Å². The molecule has 1 aromatic rings. The van der Waals surface area contributed by atoms with Crippen molar-refractivity contribution in [1.29, 1.82) is 0 Å². The Morgan fingerprint density at radius 3 is 3.00 bits per heavy atom. The Morgan fingerprint density at radius 2 is 2.33 bits per heavy atom. The first-order valence-corrected chi connectivity index (χ1v) is 6.83. The molecule has 2 rings (SSSR count). The van der Waals surface area contributed by atoms with Crippen molar-refractivity contribution in [3.05, 3.63) is 16.5 Å². The fourth-order valence-corrected chi connectivity index (χ4v) is 3.16. The molecule has 5 heteroatoms. The van der Waals surface area contributed by atoms with Gasteiger partial charge in [-0.25, -0.2) is 0 Å². The highest BCUT2D eigenvalue weighted by molar-refractivity contribution is 7.14. The highest BCUT2D eigenvalue weighted by Crippen LogP contribution is 2.37. The fraction of sp³-hybridized carbons (Fsp3) is 0.538. The number of hydrogen-bond donors (Lipinski definition) is 0. The first-order valence-electron chi connectivity index (χ1n) is 6.02. The maximum Gasteiger partial charge on any atom is 0.306 e. The van der Waals surface area contributed by atoms with Crippen molar-refractivity contribution in [1.82, 2.24) is 0 Å². The zero-order chi connectivity index (χ0) is 13.1. The zero-order valence-electron chi connectivity index (χ0n) is 10.5. The number of aryl methyl sites for hydroxylation is 1. The van der Waals surface area contributed by atoms with E-state index in [-0.39, 0.29) is 24.1 Å². The predicted molar refractivity (Wildman–Crippen MR) is 68.3 cm³/mol. The normalized spacial score (nSPS) is 18.3. The zero-order valence-corrected chi connectivity index (χ0v) is 11.3. The van der Waals surface area contributed by atoms with Gasteiger partial charge in [-0.05, 0) is 19.8 Å². The van der Waals surface area contributed by atoms with Crippen LogP contribution in [0, 0.1) is 5.92 Å². The van der Waals surface area contributed by atoms with Gasteiger partial charge in [0.2, 0.25) is 0 Å². The van der Waals surface area contributed by atoms with E-state index in [0.717, 1.165) is 21.9 Å². The molecule has 4 nitrogen and oxygen atoms in total. The molecule has 0 aliphatic heterocycles. The van der Waals surface area contributed by atoms with Crippen molar-refractivity contribution in [3.8, 4) is 5.06 Å². The maximum atomic E-state index is 12.2. The van der Waals surface area contributed by atoms with Crippen LogP contribution >= 0.6 is 11.3 Å². The molecule has 0 fully saturated rings. The van der Waals surface area contributed by atoms with Crippen LogP contribution in [0.1, 0.15) is 35.0 Å². The number of esters is 1. The molecule has 0 amide bonds. The Bertz CT molecular complexity index is 464. The largest absolute Gasteiger partial charge is 0.487 e. The van der Waals surface area contributed by atoms with Crippen LogP contribution in [-0.2, 0) is 16.0 Å². The topological polar surface area (TPSA) is 52.6 Å².